The number of rotatable bonds is 17. The van der Waals surface area contributed by atoms with Crippen LogP contribution in [0.25, 0.3) is 0 Å². The van der Waals surface area contributed by atoms with E-state index >= 15 is 0 Å². The van der Waals surface area contributed by atoms with Crippen LogP contribution in [0.4, 0.5) is 0 Å². The standard InChI is InChI=1S/C20H30N8O6/c29-17(23-3-1-15-7-21-13-25-15)9-27(11-19(31)32)5-6-28(12-20(33)34)10-18(30)24-4-2-16-8-22-14-26-16/h7-8,13-14H,1-6,9-12H2,(H,21,25)(H,22,26)(H,23,29)(H,24,30)(H,31,32)(H,33,34). The maximum absolute atomic E-state index is 12.2. The zero-order valence-electron chi connectivity index (χ0n) is 18.7. The summed E-state index contributed by atoms with van der Waals surface area (Å²) in [4.78, 5) is 63.3. The van der Waals surface area contributed by atoms with Crippen LogP contribution in [-0.4, -0.2) is 116 Å². The Bertz CT molecular complexity index is 828. The largest absolute Gasteiger partial charge is 0.480 e. The average Bonchev–Trinajstić information content (AvgIpc) is 3.45. The summed E-state index contributed by atoms with van der Waals surface area (Å²) in [5.74, 6) is -2.96. The molecule has 14 nitrogen and oxygen atoms in total. The molecule has 0 fully saturated rings. The fourth-order valence-corrected chi connectivity index (χ4v) is 3.13. The van der Waals surface area contributed by atoms with E-state index in [9.17, 15) is 19.2 Å². The van der Waals surface area contributed by atoms with Crippen molar-refractivity contribution in [1.29, 1.82) is 0 Å². The quantitative estimate of drug-likeness (QED) is 0.147. The molecule has 2 heterocycles. The molecular weight excluding hydrogens is 448 g/mol. The summed E-state index contributed by atoms with van der Waals surface area (Å²) in [5.41, 5.74) is 1.71. The van der Waals surface area contributed by atoms with Crippen LogP contribution in [-0.2, 0) is 32.0 Å². The number of aliphatic carboxylic acids is 2. The molecule has 6 N–H and O–H groups in total. The number of amides is 2. The maximum Gasteiger partial charge on any atom is 0.317 e. The monoisotopic (exact) mass is 478 g/mol. The molecule has 0 saturated carbocycles. The fraction of sp³-hybridized carbons (Fsp3) is 0.500. The van der Waals surface area contributed by atoms with Gasteiger partial charge in [-0.1, -0.05) is 0 Å². The molecule has 2 rings (SSSR count). The summed E-state index contributed by atoms with van der Waals surface area (Å²) in [5, 5.41) is 23.8. The molecule has 0 radical (unpaired) electrons. The molecule has 2 amide bonds. The van der Waals surface area contributed by atoms with Crippen molar-refractivity contribution < 1.29 is 29.4 Å². The Kier molecular flexibility index (Phi) is 11.2. The minimum atomic E-state index is -1.12. The van der Waals surface area contributed by atoms with Crippen LogP contribution < -0.4 is 10.6 Å². The Labute approximate surface area is 195 Å². The number of carbonyl (C=O) groups excluding carboxylic acids is 2. The van der Waals surface area contributed by atoms with E-state index in [1.807, 2.05) is 0 Å². The molecule has 0 aromatic carbocycles. The zero-order chi connectivity index (χ0) is 24.8. The first-order valence-electron chi connectivity index (χ1n) is 10.7. The predicted octanol–water partition coefficient (Wildman–Crippen LogP) is -2.08. The molecular formula is C20H30N8O6. The minimum absolute atomic E-state index is 0.0922. The lowest BCUT2D eigenvalue weighted by molar-refractivity contribution is -0.141. The van der Waals surface area contributed by atoms with E-state index in [4.69, 9.17) is 10.2 Å². The van der Waals surface area contributed by atoms with Gasteiger partial charge in [-0.15, -0.1) is 0 Å². The molecule has 0 aliphatic heterocycles. The summed E-state index contributed by atoms with van der Waals surface area (Å²) in [6, 6.07) is 0. The Balaban J connectivity index is 1.79. The van der Waals surface area contributed by atoms with E-state index in [2.05, 4.69) is 30.6 Å². The van der Waals surface area contributed by atoms with Gasteiger partial charge in [-0.25, -0.2) is 9.97 Å². The second-order valence-corrected chi connectivity index (χ2v) is 7.56. The first-order valence-corrected chi connectivity index (χ1v) is 10.7. The summed E-state index contributed by atoms with van der Waals surface area (Å²) >= 11 is 0. The summed E-state index contributed by atoms with van der Waals surface area (Å²) < 4.78 is 0. The summed E-state index contributed by atoms with van der Waals surface area (Å²) in [6.07, 6.45) is 7.46. The lowest BCUT2D eigenvalue weighted by Crippen LogP contribution is -2.46. The van der Waals surface area contributed by atoms with Gasteiger partial charge in [0.05, 0.1) is 38.8 Å². The second kappa shape index (κ2) is 14.4. The Hall–Kier alpha value is -3.78. The summed E-state index contributed by atoms with van der Waals surface area (Å²) in [6.45, 7) is -0.253. The number of nitrogens with zero attached hydrogens (tertiary/aromatic N) is 4. The van der Waals surface area contributed by atoms with Gasteiger partial charge in [0.25, 0.3) is 0 Å². The molecule has 0 bridgehead atoms. The minimum Gasteiger partial charge on any atom is -0.480 e. The number of hydrogen-bond acceptors (Lipinski definition) is 8. The van der Waals surface area contributed by atoms with Crippen molar-refractivity contribution in [3.8, 4) is 0 Å². The average molecular weight is 479 g/mol. The van der Waals surface area contributed by atoms with Gasteiger partial charge < -0.3 is 30.8 Å². The first-order chi connectivity index (χ1) is 16.3. The van der Waals surface area contributed by atoms with E-state index in [1.165, 1.54) is 22.5 Å². The molecule has 14 heteroatoms. The van der Waals surface area contributed by atoms with Crippen molar-refractivity contribution in [2.75, 3.05) is 52.4 Å². The van der Waals surface area contributed by atoms with Gasteiger partial charge in [-0.05, 0) is 0 Å². The molecule has 0 spiro atoms. The van der Waals surface area contributed by atoms with Gasteiger partial charge in [-0.2, -0.15) is 0 Å². The van der Waals surface area contributed by atoms with E-state index in [0.717, 1.165) is 11.4 Å². The van der Waals surface area contributed by atoms with Crippen LogP contribution in [0.2, 0.25) is 0 Å². The van der Waals surface area contributed by atoms with Crippen LogP contribution in [0.1, 0.15) is 11.4 Å². The van der Waals surface area contributed by atoms with E-state index in [0.29, 0.717) is 25.9 Å². The Morgan fingerprint density at radius 2 is 1.15 bits per heavy atom. The number of aromatic nitrogens is 4. The van der Waals surface area contributed by atoms with Crippen molar-refractivity contribution in [3.05, 3.63) is 36.4 Å². The predicted molar refractivity (Wildman–Crippen MR) is 119 cm³/mol. The molecule has 34 heavy (non-hydrogen) atoms. The first kappa shape index (κ1) is 26.5. The lowest BCUT2D eigenvalue weighted by atomic mass is 10.3. The molecule has 186 valence electrons. The van der Waals surface area contributed by atoms with Crippen LogP contribution in [0, 0.1) is 0 Å². The van der Waals surface area contributed by atoms with Gasteiger partial charge in [0.1, 0.15) is 0 Å². The van der Waals surface area contributed by atoms with Crippen molar-refractivity contribution >= 4 is 23.8 Å². The normalized spacial score (nSPS) is 11.0. The summed E-state index contributed by atoms with van der Waals surface area (Å²) in [7, 11) is 0. The molecule has 0 saturated heterocycles. The highest BCUT2D eigenvalue weighted by atomic mass is 16.4. The molecule has 0 aliphatic rings. The molecule has 0 unspecified atom stereocenters. The molecule has 2 aromatic heterocycles. The molecule has 0 aliphatic carbocycles. The zero-order valence-corrected chi connectivity index (χ0v) is 18.7. The highest BCUT2D eigenvalue weighted by Gasteiger charge is 2.18. The number of carbonyl (C=O) groups is 4. The third kappa shape index (κ3) is 11.2. The Morgan fingerprint density at radius 1 is 0.735 bits per heavy atom. The number of carboxylic acid groups (broad SMARTS) is 2. The molecule has 0 atom stereocenters. The SMILES string of the molecule is O=C(O)CN(CCN(CC(=O)O)CC(=O)NCCc1cnc[nH]1)CC(=O)NCCc1cnc[nH]1. The number of carboxylic acids is 2. The van der Waals surface area contributed by atoms with Crippen molar-refractivity contribution in [2.45, 2.75) is 12.8 Å². The maximum atomic E-state index is 12.2. The topological polar surface area (TPSA) is 197 Å². The van der Waals surface area contributed by atoms with Crippen molar-refractivity contribution in [1.82, 2.24) is 40.4 Å². The molecule has 2 aromatic rings. The number of H-pyrrole nitrogens is 2. The number of hydrogen-bond donors (Lipinski definition) is 6. The smallest absolute Gasteiger partial charge is 0.317 e. The fourth-order valence-electron chi connectivity index (χ4n) is 3.13. The van der Waals surface area contributed by atoms with Gasteiger partial charge in [0.2, 0.25) is 11.8 Å². The van der Waals surface area contributed by atoms with Crippen molar-refractivity contribution in [2.24, 2.45) is 0 Å². The van der Waals surface area contributed by atoms with Gasteiger partial charge in [0, 0.05) is 62.8 Å². The second-order valence-electron chi connectivity index (χ2n) is 7.56. The third-order valence-corrected chi connectivity index (χ3v) is 4.73. The highest BCUT2D eigenvalue weighted by molar-refractivity contribution is 5.79. The van der Waals surface area contributed by atoms with E-state index in [1.54, 1.807) is 12.4 Å². The number of nitrogens with one attached hydrogen (secondary N) is 4. The van der Waals surface area contributed by atoms with E-state index < -0.39 is 25.0 Å². The van der Waals surface area contributed by atoms with Gasteiger partial charge >= 0.3 is 11.9 Å². The number of aromatic amines is 2. The van der Waals surface area contributed by atoms with E-state index in [-0.39, 0.29) is 38.0 Å². The Morgan fingerprint density at radius 3 is 1.47 bits per heavy atom. The number of imidazole rings is 2. The lowest BCUT2D eigenvalue weighted by Gasteiger charge is -2.25. The van der Waals surface area contributed by atoms with Crippen molar-refractivity contribution in [3.63, 3.8) is 0 Å². The van der Waals surface area contributed by atoms with Crippen LogP contribution in [0.3, 0.4) is 0 Å². The van der Waals surface area contributed by atoms with Crippen LogP contribution in [0.5, 0.6) is 0 Å². The van der Waals surface area contributed by atoms with Crippen LogP contribution >= 0.6 is 0 Å². The third-order valence-electron chi connectivity index (χ3n) is 4.73. The van der Waals surface area contributed by atoms with Crippen LogP contribution in [0.15, 0.2) is 25.0 Å². The van der Waals surface area contributed by atoms with Gasteiger partial charge in [0.15, 0.2) is 0 Å². The van der Waals surface area contributed by atoms with Gasteiger partial charge in [-0.3, -0.25) is 29.0 Å². The highest BCUT2D eigenvalue weighted by Crippen LogP contribution is 1.96.